The summed E-state index contributed by atoms with van der Waals surface area (Å²) >= 11 is 0. The molecule has 1 fully saturated rings. The van der Waals surface area contributed by atoms with Crippen LogP contribution in [0.2, 0.25) is 0 Å². The number of nitrogens with one attached hydrogen (secondary N) is 2. The van der Waals surface area contributed by atoms with E-state index in [4.69, 9.17) is 9.15 Å². The average molecular weight is 344 g/mol. The Balaban J connectivity index is 1.45. The van der Waals surface area contributed by atoms with Crippen LogP contribution < -0.4 is 5.32 Å². The number of fused-ring (bicyclic) bond motifs is 1. The summed E-state index contributed by atoms with van der Waals surface area (Å²) in [6, 6.07) is 3.33. The molecule has 0 aromatic carbocycles. The minimum Gasteiger partial charge on any atom is -0.459 e. The first-order chi connectivity index (χ1) is 12.2. The third kappa shape index (κ3) is 3.17. The average Bonchev–Trinajstić information content (AvgIpc) is 3.40. The van der Waals surface area contributed by atoms with E-state index in [-0.39, 0.29) is 17.9 Å². The second-order valence-electron chi connectivity index (χ2n) is 6.33. The quantitative estimate of drug-likeness (QED) is 0.865. The van der Waals surface area contributed by atoms with E-state index in [1.54, 1.807) is 17.0 Å². The Hall–Kier alpha value is -2.61. The van der Waals surface area contributed by atoms with E-state index in [0.29, 0.717) is 37.5 Å². The second-order valence-corrected chi connectivity index (χ2v) is 6.33. The molecule has 8 heteroatoms. The molecule has 2 aliphatic heterocycles. The molecule has 4 heterocycles. The van der Waals surface area contributed by atoms with Crippen molar-refractivity contribution in [1.29, 1.82) is 0 Å². The van der Waals surface area contributed by atoms with Gasteiger partial charge in [-0.3, -0.25) is 14.7 Å². The first kappa shape index (κ1) is 15.9. The first-order valence-corrected chi connectivity index (χ1v) is 8.51. The summed E-state index contributed by atoms with van der Waals surface area (Å²) in [4.78, 5) is 26.6. The molecule has 0 spiro atoms. The topological polar surface area (TPSA) is 100 Å². The molecule has 25 heavy (non-hydrogen) atoms. The molecule has 4 rings (SSSR count). The van der Waals surface area contributed by atoms with Crippen LogP contribution in [0, 0.1) is 0 Å². The van der Waals surface area contributed by atoms with Gasteiger partial charge < -0.3 is 19.4 Å². The van der Waals surface area contributed by atoms with Gasteiger partial charge in [-0.15, -0.1) is 0 Å². The van der Waals surface area contributed by atoms with E-state index >= 15 is 0 Å². The van der Waals surface area contributed by atoms with E-state index in [0.717, 1.165) is 30.7 Å². The summed E-state index contributed by atoms with van der Waals surface area (Å²) in [5.41, 5.74) is 2.03. The Morgan fingerprint density at radius 2 is 2.36 bits per heavy atom. The van der Waals surface area contributed by atoms with Crippen molar-refractivity contribution in [2.45, 2.75) is 31.9 Å². The maximum absolute atomic E-state index is 12.5. The number of rotatable bonds is 4. The van der Waals surface area contributed by atoms with E-state index in [1.807, 2.05) is 0 Å². The Bertz CT molecular complexity index is 762. The van der Waals surface area contributed by atoms with Crippen LogP contribution in [-0.4, -0.2) is 52.7 Å². The van der Waals surface area contributed by atoms with Gasteiger partial charge in [-0.05, 0) is 25.0 Å². The molecule has 2 aromatic heterocycles. The number of furan rings is 1. The van der Waals surface area contributed by atoms with Crippen LogP contribution in [0.1, 0.15) is 45.1 Å². The summed E-state index contributed by atoms with van der Waals surface area (Å²) in [5, 5.41) is 9.97. The number of ether oxygens (including phenoxy) is 1. The summed E-state index contributed by atoms with van der Waals surface area (Å²) in [6.45, 7) is 2.14. The Kier molecular flexibility index (Phi) is 4.27. The van der Waals surface area contributed by atoms with E-state index in [1.165, 1.54) is 6.26 Å². The lowest BCUT2D eigenvalue weighted by molar-refractivity contribution is 0.0698. The SMILES string of the molecule is O=C(NCC1CCCO1)c1n[nH]c2c1CN(C(=O)c1ccco1)CC2. The number of carbonyl (C=O) groups excluding carboxylic acids is 2. The van der Waals surface area contributed by atoms with Crippen molar-refractivity contribution in [3.63, 3.8) is 0 Å². The fourth-order valence-electron chi connectivity index (χ4n) is 3.31. The molecule has 1 unspecified atom stereocenters. The molecule has 1 atom stereocenters. The Morgan fingerprint density at radius 1 is 1.44 bits per heavy atom. The van der Waals surface area contributed by atoms with Gasteiger partial charge in [0.1, 0.15) is 0 Å². The highest BCUT2D eigenvalue weighted by Crippen LogP contribution is 2.22. The number of nitrogens with zero attached hydrogens (tertiary/aromatic N) is 2. The van der Waals surface area contributed by atoms with E-state index in [2.05, 4.69) is 15.5 Å². The molecule has 0 saturated carbocycles. The molecule has 132 valence electrons. The van der Waals surface area contributed by atoms with Crippen LogP contribution >= 0.6 is 0 Å². The van der Waals surface area contributed by atoms with Gasteiger partial charge in [0, 0.05) is 37.4 Å². The molecule has 0 aliphatic carbocycles. The number of amides is 2. The molecule has 1 saturated heterocycles. The number of hydrogen-bond acceptors (Lipinski definition) is 5. The molecular formula is C17H20N4O4. The third-order valence-electron chi connectivity index (χ3n) is 4.68. The van der Waals surface area contributed by atoms with Crippen molar-refractivity contribution in [3.05, 3.63) is 41.1 Å². The minimum atomic E-state index is -0.236. The van der Waals surface area contributed by atoms with Gasteiger partial charge in [0.25, 0.3) is 11.8 Å². The highest BCUT2D eigenvalue weighted by molar-refractivity contribution is 5.95. The maximum atomic E-state index is 12.5. The second kappa shape index (κ2) is 6.72. The lowest BCUT2D eigenvalue weighted by Gasteiger charge is -2.26. The normalized spacial score (nSPS) is 19.7. The Labute approximate surface area is 144 Å². The van der Waals surface area contributed by atoms with E-state index < -0.39 is 0 Å². The number of H-pyrrole nitrogens is 1. The predicted molar refractivity (Wildman–Crippen MR) is 87.0 cm³/mol. The van der Waals surface area contributed by atoms with Gasteiger partial charge in [-0.2, -0.15) is 5.10 Å². The van der Waals surface area contributed by atoms with Crippen LogP contribution in [0.5, 0.6) is 0 Å². The van der Waals surface area contributed by atoms with Crippen molar-refractivity contribution in [2.24, 2.45) is 0 Å². The zero-order chi connectivity index (χ0) is 17.2. The fraction of sp³-hybridized carbons (Fsp3) is 0.471. The number of carbonyl (C=O) groups is 2. The molecular weight excluding hydrogens is 324 g/mol. The highest BCUT2D eigenvalue weighted by Gasteiger charge is 2.29. The largest absolute Gasteiger partial charge is 0.459 e. The molecule has 8 nitrogen and oxygen atoms in total. The Morgan fingerprint density at radius 3 is 3.12 bits per heavy atom. The summed E-state index contributed by atoms with van der Waals surface area (Å²) < 4.78 is 10.7. The predicted octanol–water partition coefficient (Wildman–Crippen LogP) is 1.11. The van der Waals surface area contributed by atoms with Crippen LogP contribution in [-0.2, 0) is 17.7 Å². The van der Waals surface area contributed by atoms with Crippen molar-refractivity contribution in [2.75, 3.05) is 19.7 Å². The molecule has 2 N–H and O–H groups in total. The van der Waals surface area contributed by atoms with Crippen molar-refractivity contribution >= 4 is 11.8 Å². The smallest absolute Gasteiger partial charge is 0.289 e. The number of aromatic nitrogens is 2. The lowest BCUT2D eigenvalue weighted by Crippen LogP contribution is -2.37. The van der Waals surface area contributed by atoms with Crippen molar-refractivity contribution in [3.8, 4) is 0 Å². The molecule has 2 aromatic rings. The van der Waals surface area contributed by atoms with Gasteiger partial charge in [0.15, 0.2) is 11.5 Å². The summed E-state index contributed by atoms with van der Waals surface area (Å²) in [6.07, 6.45) is 4.18. The van der Waals surface area contributed by atoms with E-state index in [9.17, 15) is 9.59 Å². The monoisotopic (exact) mass is 344 g/mol. The van der Waals surface area contributed by atoms with Crippen molar-refractivity contribution < 1.29 is 18.7 Å². The highest BCUT2D eigenvalue weighted by atomic mass is 16.5. The van der Waals surface area contributed by atoms with Crippen LogP contribution in [0.25, 0.3) is 0 Å². The van der Waals surface area contributed by atoms with Gasteiger partial charge in [-0.1, -0.05) is 0 Å². The van der Waals surface area contributed by atoms with Crippen molar-refractivity contribution in [1.82, 2.24) is 20.4 Å². The molecule has 0 radical (unpaired) electrons. The van der Waals surface area contributed by atoms with Gasteiger partial charge in [0.05, 0.1) is 18.9 Å². The van der Waals surface area contributed by atoms with Gasteiger partial charge in [-0.25, -0.2) is 0 Å². The summed E-state index contributed by atoms with van der Waals surface area (Å²) in [7, 11) is 0. The first-order valence-electron chi connectivity index (χ1n) is 8.51. The number of hydrogen-bond donors (Lipinski definition) is 2. The zero-order valence-electron chi connectivity index (χ0n) is 13.8. The van der Waals surface area contributed by atoms with Crippen LogP contribution in [0.4, 0.5) is 0 Å². The maximum Gasteiger partial charge on any atom is 0.289 e. The number of aromatic amines is 1. The van der Waals surface area contributed by atoms with Gasteiger partial charge >= 0.3 is 0 Å². The zero-order valence-corrected chi connectivity index (χ0v) is 13.8. The standard InChI is InChI=1S/C17H20N4O4/c22-16(18-9-11-3-1-7-24-11)15-12-10-21(6-5-13(12)19-20-15)17(23)14-4-2-8-25-14/h2,4,8,11H,1,3,5-7,9-10H2,(H,18,22)(H,19,20). The molecule has 0 bridgehead atoms. The molecule has 2 aliphatic rings. The van der Waals surface area contributed by atoms with Gasteiger partial charge in [0.2, 0.25) is 0 Å². The molecule has 2 amide bonds. The summed E-state index contributed by atoms with van der Waals surface area (Å²) in [5.74, 6) is -0.112. The lowest BCUT2D eigenvalue weighted by atomic mass is 10.0. The minimum absolute atomic E-state index is 0.0794. The third-order valence-corrected chi connectivity index (χ3v) is 4.68. The van der Waals surface area contributed by atoms with Crippen LogP contribution in [0.3, 0.4) is 0 Å². The fourth-order valence-corrected chi connectivity index (χ4v) is 3.31. The van der Waals surface area contributed by atoms with Crippen LogP contribution in [0.15, 0.2) is 22.8 Å².